The Morgan fingerprint density at radius 1 is 1.35 bits per heavy atom. The lowest BCUT2D eigenvalue weighted by Crippen LogP contribution is -2.43. The second-order valence-corrected chi connectivity index (χ2v) is 5.51. The van der Waals surface area contributed by atoms with E-state index in [1.807, 2.05) is 20.8 Å². The molecule has 5 nitrogen and oxygen atoms in total. The molecule has 0 unspecified atom stereocenters. The summed E-state index contributed by atoms with van der Waals surface area (Å²) in [4.78, 5) is 11.9. The fourth-order valence-corrected chi connectivity index (χ4v) is 2.29. The Morgan fingerprint density at radius 2 is 2.06 bits per heavy atom. The van der Waals surface area contributed by atoms with Gasteiger partial charge in [-0.3, -0.25) is 4.79 Å². The third-order valence-corrected chi connectivity index (χ3v) is 3.15. The molecule has 0 radical (unpaired) electrons. The van der Waals surface area contributed by atoms with Crippen molar-refractivity contribution in [3.8, 4) is 0 Å². The number of carbonyl (C=O) groups excluding carboxylic acids is 1. The van der Waals surface area contributed by atoms with Crippen LogP contribution in [0.5, 0.6) is 0 Å². The van der Waals surface area contributed by atoms with E-state index >= 15 is 0 Å². The van der Waals surface area contributed by atoms with Gasteiger partial charge in [-0.25, -0.2) is 0 Å². The van der Waals surface area contributed by atoms with Crippen LogP contribution in [-0.4, -0.2) is 28.2 Å². The van der Waals surface area contributed by atoms with Crippen molar-refractivity contribution in [2.45, 2.75) is 46.1 Å². The standard InChI is InChI=1S/C11H20N4OS/c1-5-7-11(3,4)13-8(16)9-14-15-10(17-9)12-6-2/h5-7H2,1-4H3,(H,12,15)(H,13,16). The molecule has 0 saturated carbocycles. The van der Waals surface area contributed by atoms with Gasteiger partial charge < -0.3 is 10.6 Å². The van der Waals surface area contributed by atoms with Gasteiger partial charge in [0.05, 0.1) is 0 Å². The lowest BCUT2D eigenvalue weighted by molar-refractivity contribution is 0.0908. The van der Waals surface area contributed by atoms with Crippen molar-refractivity contribution in [2.75, 3.05) is 11.9 Å². The number of nitrogens with one attached hydrogen (secondary N) is 2. The fraction of sp³-hybridized carbons (Fsp3) is 0.727. The van der Waals surface area contributed by atoms with Crippen molar-refractivity contribution in [1.29, 1.82) is 0 Å². The average Bonchev–Trinajstić information content (AvgIpc) is 2.66. The first-order valence-electron chi connectivity index (χ1n) is 5.88. The van der Waals surface area contributed by atoms with Crippen LogP contribution in [-0.2, 0) is 0 Å². The van der Waals surface area contributed by atoms with Gasteiger partial charge in [0.2, 0.25) is 10.1 Å². The number of hydrogen-bond donors (Lipinski definition) is 2. The number of amides is 1. The Balaban J connectivity index is 2.63. The summed E-state index contributed by atoms with van der Waals surface area (Å²) in [5.74, 6) is -0.148. The van der Waals surface area contributed by atoms with E-state index in [-0.39, 0.29) is 11.4 Å². The molecule has 0 aliphatic rings. The third kappa shape index (κ3) is 4.30. The van der Waals surface area contributed by atoms with Gasteiger partial charge in [-0.2, -0.15) is 0 Å². The Hall–Kier alpha value is -1.17. The first kappa shape index (κ1) is 13.9. The van der Waals surface area contributed by atoms with Crippen LogP contribution in [0.25, 0.3) is 0 Å². The van der Waals surface area contributed by atoms with Crippen molar-refractivity contribution in [1.82, 2.24) is 15.5 Å². The van der Waals surface area contributed by atoms with Gasteiger partial charge in [-0.15, -0.1) is 10.2 Å². The van der Waals surface area contributed by atoms with Gasteiger partial charge in [0.1, 0.15) is 0 Å². The van der Waals surface area contributed by atoms with Crippen molar-refractivity contribution in [2.24, 2.45) is 0 Å². The first-order chi connectivity index (χ1) is 7.98. The third-order valence-electron chi connectivity index (χ3n) is 2.27. The molecular formula is C11H20N4OS. The van der Waals surface area contributed by atoms with Crippen LogP contribution in [0.3, 0.4) is 0 Å². The van der Waals surface area contributed by atoms with E-state index in [1.54, 1.807) is 0 Å². The minimum atomic E-state index is -0.199. The minimum Gasteiger partial charge on any atom is -0.360 e. The monoisotopic (exact) mass is 256 g/mol. The molecule has 0 aromatic carbocycles. The molecule has 0 bridgehead atoms. The maximum Gasteiger partial charge on any atom is 0.282 e. The number of anilines is 1. The lowest BCUT2D eigenvalue weighted by atomic mass is 9.99. The normalized spacial score (nSPS) is 11.3. The number of hydrogen-bond acceptors (Lipinski definition) is 5. The molecule has 2 N–H and O–H groups in total. The van der Waals surface area contributed by atoms with Crippen LogP contribution >= 0.6 is 11.3 Å². The van der Waals surface area contributed by atoms with Crippen LogP contribution in [0, 0.1) is 0 Å². The van der Waals surface area contributed by atoms with Gasteiger partial charge in [-0.05, 0) is 27.2 Å². The topological polar surface area (TPSA) is 66.9 Å². The summed E-state index contributed by atoms with van der Waals surface area (Å²) in [6.45, 7) is 8.88. The van der Waals surface area contributed by atoms with E-state index in [0.717, 1.165) is 19.4 Å². The SMILES string of the molecule is CCCC(C)(C)NC(=O)c1nnc(NCC)s1. The van der Waals surface area contributed by atoms with Crippen LogP contribution in [0.4, 0.5) is 5.13 Å². The zero-order valence-electron chi connectivity index (χ0n) is 10.8. The highest BCUT2D eigenvalue weighted by Crippen LogP contribution is 2.17. The van der Waals surface area contributed by atoms with E-state index < -0.39 is 0 Å². The Morgan fingerprint density at radius 3 is 2.65 bits per heavy atom. The summed E-state index contributed by atoms with van der Waals surface area (Å²) in [6, 6.07) is 0. The van der Waals surface area contributed by atoms with Crippen molar-refractivity contribution >= 4 is 22.4 Å². The zero-order valence-corrected chi connectivity index (χ0v) is 11.6. The molecule has 0 saturated heterocycles. The summed E-state index contributed by atoms with van der Waals surface area (Å²) < 4.78 is 0. The molecular weight excluding hydrogens is 236 g/mol. The molecule has 17 heavy (non-hydrogen) atoms. The molecule has 6 heteroatoms. The van der Waals surface area contributed by atoms with E-state index in [9.17, 15) is 4.79 Å². The number of rotatable bonds is 6. The molecule has 0 atom stereocenters. The molecule has 0 aliphatic heterocycles. The number of carbonyl (C=O) groups is 1. The summed E-state index contributed by atoms with van der Waals surface area (Å²) >= 11 is 1.28. The van der Waals surface area contributed by atoms with Crippen LogP contribution in [0.1, 0.15) is 50.3 Å². The van der Waals surface area contributed by atoms with E-state index in [0.29, 0.717) is 10.1 Å². The van der Waals surface area contributed by atoms with Gasteiger partial charge in [0.25, 0.3) is 5.91 Å². The summed E-state index contributed by atoms with van der Waals surface area (Å²) in [7, 11) is 0. The van der Waals surface area contributed by atoms with Crippen LogP contribution in [0.2, 0.25) is 0 Å². The summed E-state index contributed by atoms with van der Waals surface area (Å²) in [5, 5.41) is 14.9. The molecule has 1 aromatic rings. The average molecular weight is 256 g/mol. The van der Waals surface area contributed by atoms with Crippen molar-refractivity contribution < 1.29 is 4.79 Å². The molecule has 0 spiro atoms. The van der Waals surface area contributed by atoms with Gasteiger partial charge in [-0.1, -0.05) is 24.7 Å². The largest absolute Gasteiger partial charge is 0.360 e. The molecule has 0 aliphatic carbocycles. The van der Waals surface area contributed by atoms with E-state index in [2.05, 4.69) is 27.8 Å². The van der Waals surface area contributed by atoms with Crippen LogP contribution < -0.4 is 10.6 Å². The quantitative estimate of drug-likeness (QED) is 0.819. The molecule has 1 rings (SSSR count). The number of nitrogens with zero attached hydrogens (tertiary/aromatic N) is 2. The summed E-state index contributed by atoms with van der Waals surface area (Å²) in [6.07, 6.45) is 1.98. The molecule has 0 fully saturated rings. The Bertz CT molecular complexity index is 375. The summed E-state index contributed by atoms with van der Waals surface area (Å²) in [5.41, 5.74) is -0.199. The first-order valence-corrected chi connectivity index (χ1v) is 6.70. The molecule has 1 aromatic heterocycles. The van der Waals surface area contributed by atoms with Gasteiger partial charge in [0.15, 0.2) is 0 Å². The van der Waals surface area contributed by atoms with E-state index in [4.69, 9.17) is 0 Å². The maximum absolute atomic E-state index is 11.9. The highest BCUT2D eigenvalue weighted by Gasteiger charge is 2.22. The molecule has 1 amide bonds. The predicted molar refractivity (Wildman–Crippen MR) is 70.5 cm³/mol. The van der Waals surface area contributed by atoms with Gasteiger partial charge in [0, 0.05) is 12.1 Å². The minimum absolute atomic E-state index is 0.148. The second-order valence-electron chi connectivity index (χ2n) is 4.53. The molecule has 1 heterocycles. The maximum atomic E-state index is 11.9. The number of aromatic nitrogens is 2. The molecule has 96 valence electrons. The smallest absolute Gasteiger partial charge is 0.282 e. The Labute approximate surface area is 106 Å². The van der Waals surface area contributed by atoms with Crippen LogP contribution in [0.15, 0.2) is 0 Å². The van der Waals surface area contributed by atoms with Crippen molar-refractivity contribution in [3.63, 3.8) is 0 Å². The Kier molecular flexibility index (Phi) is 4.86. The predicted octanol–water partition coefficient (Wildman–Crippen LogP) is 2.28. The van der Waals surface area contributed by atoms with E-state index in [1.165, 1.54) is 11.3 Å². The fourth-order valence-electron chi connectivity index (χ4n) is 1.59. The highest BCUT2D eigenvalue weighted by atomic mass is 32.1. The van der Waals surface area contributed by atoms with Crippen molar-refractivity contribution in [3.05, 3.63) is 5.01 Å². The highest BCUT2D eigenvalue weighted by molar-refractivity contribution is 7.17. The van der Waals surface area contributed by atoms with Gasteiger partial charge >= 0.3 is 0 Å². The second kappa shape index (κ2) is 5.95. The lowest BCUT2D eigenvalue weighted by Gasteiger charge is -2.24. The zero-order chi connectivity index (χ0) is 12.9.